The van der Waals surface area contributed by atoms with Gasteiger partial charge in [0.25, 0.3) is 0 Å². The summed E-state index contributed by atoms with van der Waals surface area (Å²) in [6, 6.07) is 13.7. The standard InChI is InChI=1S/C19H23ClN4O.HI/c1-25-16-7-5-15(6-8-16)23-19(21)22-10-12-24-11-9-17-14(13-24)3-2-4-18(17)20;/h2-8H,9-13H2,1H3,(H3,21,22,23);1H. The summed E-state index contributed by atoms with van der Waals surface area (Å²) in [5, 5.41) is 3.97. The van der Waals surface area contributed by atoms with Gasteiger partial charge in [0.1, 0.15) is 5.75 Å². The minimum absolute atomic E-state index is 0. The van der Waals surface area contributed by atoms with Crippen LogP contribution in [0.3, 0.4) is 0 Å². The van der Waals surface area contributed by atoms with Crippen LogP contribution in [0.4, 0.5) is 5.69 Å². The molecule has 1 aliphatic heterocycles. The lowest BCUT2D eigenvalue weighted by Gasteiger charge is -2.28. The van der Waals surface area contributed by atoms with Crippen molar-refractivity contribution in [3.8, 4) is 5.75 Å². The van der Waals surface area contributed by atoms with Crippen LogP contribution in [0.1, 0.15) is 11.1 Å². The number of guanidine groups is 1. The Bertz CT molecular complexity index is 752. The molecule has 0 aliphatic carbocycles. The zero-order valence-corrected chi connectivity index (χ0v) is 17.8. The number of hydrogen-bond acceptors (Lipinski definition) is 3. The minimum Gasteiger partial charge on any atom is -0.497 e. The van der Waals surface area contributed by atoms with Crippen molar-refractivity contribution in [2.24, 2.45) is 10.7 Å². The average molecular weight is 487 g/mol. The molecule has 0 bridgehead atoms. The number of anilines is 1. The van der Waals surface area contributed by atoms with E-state index in [-0.39, 0.29) is 24.0 Å². The highest BCUT2D eigenvalue weighted by Gasteiger charge is 2.17. The minimum atomic E-state index is 0. The molecule has 3 N–H and O–H groups in total. The molecule has 1 heterocycles. The molecule has 0 saturated carbocycles. The number of nitrogens with two attached hydrogens (primary N) is 1. The average Bonchev–Trinajstić information content (AvgIpc) is 2.62. The summed E-state index contributed by atoms with van der Waals surface area (Å²) in [7, 11) is 1.64. The number of ether oxygens (including phenoxy) is 1. The highest BCUT2D eigenvalue weighted by Crippen LogP contribution is 2.25. The van der Waals surface area contributed by atoms with Gasteiger partial charge in [-0.15, -0.1) is 24.0 Å². The predicted octanol–water partition coefficient (Wildman–Crippen LogP) is 3.75. The molecule has 0 atom stereocenters. The molecule has 0 saturated heterocycles. The number of rotatable bonds is 5. The van der Waals surface area contributed by atoms with Crippen molar-refractivity contribution in [1.82, 2.24) is 4.90 Å². The first-order chi connectivity index (χ1) is 12.2. The monoisotopic (exact) mass is 486 g/mol. The van der Waals surface area contributed by atoms with Crippen molar-refractivity contribution in [3.63, 3.8) is 0 Å². The van der Waals surface area contributed by atoms with Gasteiger partial charge in [0, 0.05) is 30.3 Å². The van der Waals surface area contributed by atoms with Gasteiger partial charge in [-0.05, 0) is 47.9 Å². The van der Waals surface area contributed by atoms with Gasteiger partial charge in [-0.1, -0.05) is 23.7 Å². The van der Waals surface area contributed by atoms with Crippen molar-refractivity contribution in [2.75, 3.05) is 32.1 Å². The van der Waals surface area contributed by atoms with Gasteiger partial charge in [-0.3, -0.25) is 9.89 Å². The maximum absolute atomic E-state index is 6.26. The van der Waals surface area contributed by atoms with Crippen LogP contribution in [0, 0.1) is 0 Å². The fraction of sp³-hybridized carbons (Fsp3) is 0.316. The van der Waals surface area contributed by atoms with E-state index in [4.69, 9.17) is 22.1 Å². The molecule has 1 aliphatic rings. The number of nitrogens with one attached hydrogen (secondary N) is 1. The van der Waals surface area contributed by atoms with E-state index in [9.17, 15) is 0 Å². The highest BCUT2D eigenvalue weighted by molar-refractivity contribution is 14.0. The summed E-state index contributed by atoms with van der Waals surface area (Å²) >= 11 is 6.26. The number of methoxy groups -OCH3 is 1. The molecule has 0 aromatic heterocycles. The summed E-state index contributed by atoms with van der Waals surface area (Å²) in [5.41, 5.74) is 9.45. The molecular weight excluding hydrogens is 463 g/mol. The van der Waals surface area contributed by atoms with E-state index in [1.165, 1.54) is 11.1 Å². The first kappa shape index (κ1) is 20.8. The van der Waals surface area contributed by atoms with Crippen molar-refractivity contribution >= 4 is 47.2 Å². The topological polar surface area (TPSA) is 62.9 Å². The van der Waals surface area contributed by atoms with Crippen LogP contribution in [0.25, 0.3) is 0 Å². The second kappa shape index (κ2) is 9.99. The van der Waals surface area contributed by atoms with Crippen molar-refractivity contribution in [1.29, 1.82) is 0 Å². The molecule has 7 heteroatoms. The Hall–Kier alpha value is -1.51. The zero-order chi connectivity index (χ0) is 17.6. The molecule has 140 valence electrons. The number of hydrogen-bond donors (Lipinski definition) is 2. The molecular formula is C19H24ClIN4O. The Morgan fingerprint density at radius 2 is 2.04 bits per heavy atom. The molecule has 0 radical (unpaired) electrons. The predicted molar refractivity (Wildman–Crippen MR) is 119 cm³/mol. The van der Waals surface area contributed by atoms with Crippen LogP contribution in [0.5, 0.6) is 5.75 Å². The third kappa shape index (κ3) is 5.49. The lowest BCUT2D eigenvalue weighted by Crippen LogP contribution is -2.33. The second-order valence-electron chi connectivity index (χ2n) is 6.02. The lowest BCUT2D eigenvalue weighted by atomic mass is 10.00. The van der Waals surface area contributed by atoms with E-state index >= 15 is 0 Å². The Morgan fingerprint density at radius 3 is 2.77 bits per heavy atom. The van der Waals surface area contributed by atoms with Crippen molar-refractivity contribution in [3.05, 3.63) is 58.6 Å². The molecule has 0 unspecified atom stereocenters. The molecule has 2 aromatic carbocycles. The van der Waals surface area contributed by atoms with Crippen LogP contribution in [-0.4, -0.2) is 37.6 Å². The summed E-state index contributed by atoms with van der Waals surface area (Å²) in [4.78, 5) is 6.79. The first-order valence-corrected chi connectivity index (χ1v) is 8.73. The van der Waals surface area contributed by atoms with E-state index in [0.717, 1.165) is 42.5 Å². The molecule has 26 heavy (non-hydrogen) atoms. The normalized spacial score (nSPS) is 14.3. The third-order valence-corrected chi connectivity index (χ3v) is 4.70. The Kier molecular flexibility index (Phi) is 7.99. The van der Waals surface area contributed by atoms with Crippen LogP contribution in [0.2, 0.25) is 5.02 Å². The zero-order valence-electron chi connectivity index (χ0n) is 14.7. The third-order valence-electron chi connectivity index (χ3n) is 4.35. The Balaban J connectivity index is 0.00000243. The van der Waals surface area contributed by atoms with Gasteiger partial charge in [0.15, 0.2) is 5.96 Å². The van der Waals surface area contributed by atoms with E-state index in [0.29, 0.717) is 12.5 Å². The molecule has 3 rings (SSSR count). The maximum atomic E-state index is 6.26. The number of halogens is 2. The highest BCUT2D eigenvalue weighted by atomic mass is 127. The quantitative estimate of drug-likeness (QED) is 0.384. The fourth-order valence-electron chi connectivity index (χ4n) is 2.99. The number of benzene rings is 2. The van der Waals surface area contributed by atoms with E-state index in [1.54, 1.807) is 7.11 Å². The van der Waals surface area contributed by atoms with Crippen molar-refractivity contribution in [2.45, 2.75) is 13.0 Å². The fourth-order valence-corrected chi connectivity index (χ4v) is 3.27. The van der Waals surface area contributed by atoms with E-state index < -0.39 is 0 Å². The number of fused-ring (bicyclic) bond motifs is 1. The van der Waals surface area contributed by atoms with Gasteiger partial charge >= 0.3 is 0 Å². The molecule has 5 nitrogen and oxygen atoms in total. The number of nitrogens with zero attached hydrogens (tertiary/aromatic N) is 2. The first-order valence-electron chi connectivity index (χ1n) is 8.35. The lowest BCUT2D eigenvalue weighted by molar-refractivity contribution is 0.262. The van der Waals surface area contributed by atoms with Crippen LogP contribution in [0.15, 0.2) is 47.5 Å². The second-order valence-corrected chi connectivity index (χ2v) is 6.43. The molecule has 0 fully saturated rings. The summed E-state index contributed by atoms with van der Waals surface area (Å²) < 4.78 is 5.14. The molecule has 0 spiro atoms. The largest absolute Gasteiger partial charge is 0.497 e. The van der Waals surface area contributed by atoms with E-state index in [1.807, 2.05) is 36.4 Å². The maximum Gasteiger partial charge on any atom is 0.193 e. The Labute approximate surface area is 176 Å². The number of aliphatic imine (C=N–C) groups is 1. The summed E-state index contributed by atoms with van der Waals surface area (Å²) in [5.74, 6) is 1.23. The van der Waals surface area contributed by atoms with Gasteiger partial charge in [-0.25, -0.2) is 0 Å². The van der Waals surface area contributed by atoms with Gasteiger partial charge in [0.05, 0.1) is 13.7 Å². The molecule has 2 aromatic rings. The van der Waals surface area contributed by atoms with Gasteiger partial charge < -0.3 is 15.8 Å². The van der Waals surface area contributed by atoms with Crippen LogP contribution < -0.4 is 15.8 Å². The smallest absolute Gasteiger partial charge is 0.193 e. The van der Waals surface area contributed by atoms with E-state index in [2.05, 4.69) is 21.3 Å². The Morgan fingerprint density at radius 1 is 1.27 bits per heavy atom. The SMILES string of the molecule is COc1ccc(NC(N)=NCCN2CCc3c(Cl)cccc3C2)cc1.I. The summed E-state index contributed by atoms with van der Waals surface area (Å²) in [6.07, 6.45) is 0.984. The van der Waals surface area contributed by atoms with Gasteiger partial charge in [-0.2, -0.15) is 0 Å². The molecule has 0 amide bonds. The van der Waals surface area contributed by atoms with Gasteiger partial charge in [0.2, 0.25) is 0 Å². The van der Waals surface area contributed by atoms with Crippen LogP contribution >= 0.6 is 35.6 Å². The van der Waals surface area contributed by atoms with Crippen LogP contribution in [-0.2, 0) is 13.0 Å². The summed E-state index contributed by atoms with van der Waals surface area (Å²) in [6.45, 7) is 3.44. The van der Waals surface area contributed by atoms with Crippen molar-refractivity contribution < 1.29 is 4.74 Å².